The molecule has 0 aliphatic rings. The van der Waals surface area contributed by atoms with Gasteiger partial charge in [0.25, 0.3) is 5.91 Å². The average molecular weight is 449 g/mol. The third-order valence-electron chi connectivity index (χ3n) is 5.14. The van der Waals surface area contributed by atoms with Crippen LogP contribution in [0.15, 0.2) is 36.7 Å². The number of hydrogen-bond acceptors (Lipinski definition) is 7. The minimum atomic E-state index is -1.66. The van der Waals surface area contributed by atoms with Gasteiger partial charge in [0, 0.05) is 6.20 Å². The Morgan fingerprint density at radius 1 is 1.30 bits per heavy atom. The Hall–Kier alpha value is -4.02. The molecule has 3 aromatic heterocycles. The van der Waals surface area contributed by atoms with Crippen LogP contribution in [0, 0.1) is 22.7 Å². The van der Waals surface area contributed by atoms with Crippen molar-refractivity contribution in [3.63, 3.8) is 0 Å². The maximum absolute atomic E-state index is 14.1. The Bertz CT molecular complexity index is 1250. The van der Waals surface area contributed by atoms with Gasteiger partial charge >= 0.3 is 0 Å². The van der Waals surface area contributed by atoms with Crippen LogP contribution in [-0.4, -0.2) is 50.0 Å². The van der Waals surface area contributed by atoms with E-state index in [0.29, 0.717) is 34.6 Å². The van der Waals surface area contributed by atoms with Gasteiger partial charge < -0.3 is 15.7 Å². The van der Waals surface area contributed by atoms with E-state index < -0.39 is 23.7 Å². The van der Waals surface area contributed by atoms with Crippen LogP contribution in [0.4, 0.5) is 10.1 Å². The van der Waals surface area contributed by atoms with Crippen molar-refractivity contribution in [3.05, 3.63) is 47.8 Å². The maximum atomic E-state index is 14.1. The summed E-state index contributed by atoms with van der Waals surface area (Å²) in [5.41, 5.74) is 1.13. The summed E-state index contributed by atoms with van der Waals surface area (Å²) < 4.78 is 15.7. The van der Waals surface area contributed by atoms with Gasteiger partial charge in [-0.05, 0) is 44.5 Å². The van der Waals surface area contributed by atoms with Crippen molar-refractivity contribution < 1.29 is 14.3 Å². The van der Waals surface area contributed by atoms with Crippen LogP contribution in [-0.2, 0) is 0 Å². The van der Waals surface area contributed by atoms with Crippen LogP contribution >= 0.6 is 0 Å². The molecule has 0 aliphatic carbocycles. The first-order chi connectivity index (χ1) is 15.7. The second-order valence-electron chi connectivity index (χ2n) is 8.09. The number of nitrogens with one attached hydrogen (secondary N) is 2. The number of aromatic nitrogens is 3. The summed E-state index contributed by atoms with van der Waals surface area (Å²) in [6, 6.07) is 10.5. The lowest BCUT2D eigenvalue weighted by Gasteiger charge is -2.23. The topological polar surface area (TPSA) is 139 Å². The van der Waals surface area contributed by atoms with E-state index in [1.165, 1.54) is 26.2 Å². The molecule has 33 heavy (non-hydrogen) atoms. The molecule has 0 radical (unpaired) electrons. The summed E-state index contributed by atoms with van der Waals surface area (Å²) in [6.07, 6.45) is 1.62. The van der Waals surface area contributed by atoms with Gasteiger partial charge in [-0.3, -0.25) is 9.78 Å². The number of nitriles is 2. The second-order valence-corrected chi connectivity index (χ2v) is 8.09. The lowest BCUT2D eigenvalue weighted by atomic mass is 10.0. The number of anilines is 1. The van der Waals surface area contributed by atoms with Crippen molar-refractivity contribution in [1.82, 2.24) is 19.9 Å². The molecule has 10 heteroatoms. The van der Waals surface area contributed by atoms with Crippen molar-refractivity contribution in [3.8, 4) is 23.5 Å². The number of halogens is 1. The van der Waals surface area contributed by atoms with Gasteiger partial charge in [0.05, 0.1) is 58.1 Å². The molecule has 3 N–H and O–H groups in total. The molecule has 0 unspecified atom stereocenters. The van der Waals surface area contributed by atoms with Gasteiger partial charge in [0.15, 0.2) is 0 Å². The highest BCUT2D eigenvalue weighted by Gasteiger charge is 2.27. The summed E-state index contributed by atoms with van der Waals surface area (Å²) in [7, 11) is 0. The highest BCUT2D eigenvalue weighted by molar-refractivity contribution is 6.00. The maximum Gasteiger partial charge on any atom is 0.255 e. The molecule has 0 fully saturated rings. The number of amides is 1. The van der Waals surface area contributed by atoms with E-state index in [2.05, 4.69) is 26.8 Å². The van der Waals surface area contributed by atoms with E-state index in [4.69, 9.17) is 5.26 Å². The zero-order valence-corrected chi connectivity index (χ0v) is 18.5. The zero-order chi connectivity index (χ0) is 24.2. The molecule has 0 bridgehead atoms. The predicted molar refractivity (Wildman–Crippen MR) is 120 cm³/mol. The number of aliphatic hydroxyl groups is 1. The molecule has 3 rings (SSSR count). The number of alkyl halides is 1. The highest BCUT2D eigenvalue weighted by Crippen LogP contribution is 2.26. The monoisotopic (exact) mass is 449 g/mol. The van der Waals surface area contributed by atoms with Crippen LogP contribution in [0.5, 0.6) is 0 Å². The normalized spacial score (nSPS) is 13.1. The van der Waals surface area contributed by atoms with Crippen LogP contribution in [0.25, 0.3) is 16.9 Å². The van der Waals surface area contributed by atoms with Crippen molar-refractivity contribution in [2.45, 2.75) is 45.0 Å². The minimum absolute atomic E-state index is 0.135. The number of carbonyl (C=O) groups is 1. The standard InChI is InChI=1S/C23H24FN7O2/c1-4-15(10-26)30-18-8-19(20-6-5-16-7-14(9-25)11-29-31(16)20)27-12-17(18)22(32)28-13-21(24)23(2,3)33/h5-8,11-12,15,21,33H,4,13H2,1-3H3,(H,27,30)(H,28,32)/t15-,21-/m1/s1. The fraction of sp³-hybridized carbons (Fsp3) is 0.348. The van der Waals surface area contributed by atoms with Gasteiger partial charge in [-0.1, -0.05) is 6.92 Å². The SMILES string of the molecule is CC[C@H](C#N)Nc1cc(-c2ccc3cc(C#N)cnn23)ncc1C(=O)NC[C@@H](F)C(C)(C)O. The van der Waals surface area contributed by atoms with Crippen LogP contribution in [0.2, 0.25) is 0 Å². The number of carbonyl (C=O) groups excluding carboxylic acids is 1. The van der Waals surface area contributed by atoms with Gasteiger partial charge in [-0.15, -0.1) is 0 Å². The van der Waals surface area contributed by atoms with Crippen LogP contribution in [0.1, 0.15) is 43.1 Å². The molecule has 9 nitrogen and oxygen atoms in total. The van der Waals surface area contributed by atoms with Crippen LogP contribution < -0.4 is 10.6 Å². The highest BCUT2D eigenvalue weighted by atomic mass is 19.1. The number of hydrogen-bond donors (Lipinski definition) is 3. The molecule has 0 spiro atoms. The van der Waals surface area contributed by atoms with E-state index in [1.54, 1.807) is 28.8 Å². The number of fused-ring (bicyclic) bond motifs is 1. The first kappa shape index (κ1) is 23.6. The van der Waals surface area contributed by atoms with Crippen molar-refractivity contribution in [2.75, 3.05) is 11.9 Å². The van der Waals surface area contributed by atoms with Gasteiger partial charge in [-0.2, -0.15) is 15.6 Å². The average Bonchev–Trinajstić information content (AvgIpc) is 3.23. The molecule has 3 aromatic rings. The molecular formula is C23H24FN7O2. The summed E-state index contributed by atoms with van der Waals surface area (Å²) >= 11 is 0. The molecule has 3 heterocycles. The van der Waals surface area contributed by atoms with Gasteiger partial charge in [-0.25, -0.2) is 8.91 Å². The Morgan fingerprint density at radius 3 is 2.70 bits per heavy atom. The fourth-order valence-electron chi connectivity index (χ4n) is 3.09. The van der Waals surface area contributed by atoms with E-state index in [0.717, 1.165) is 0 Å². The van der Waals surface area contributed by atoms with Crippen molar-refractivity contribution in [2.24, 2.45) is 0 Å². The molecule has 1 amide bonds. The van der Waals surface area contributed by atoms with Crippen molar-refractivity contribution >= 4 is 17.1 Å². The molecule has 0 saturated heterocycles. The minimum Gasteiger partial charge on any atom is -0.387 e. The molecule has 170 valence electrons. The number of pyridine rings is 1. The van der Waals surface area contributed by atoms with Crippen LogP contribution in [0.3, 0.4) is 0 Å². The number of rotatable bonds is 8. The molecular weight excluding hydrogens is 425 g/mol. The Morgan fingerprint density at radius 2 is 2.06 bits per heavy atom. The summed E-state index contributed by atoms with van der Waals surface area (Å²) in [5, 5.41) is 38.0. The summed E-state index contributed by atoms with van der Waals surface area (Å²) in [4.78, 5) is 17.1. The van der Waals surface area contributed by atoms with Gasteiger partial charge in [0.1, 0.15) is 18.3 Å². The third-order valence-corrected chi connectivity index (χ3v) is 5.14. The lowest BCUT2D eigenvalue weighted by molar-refractivity contribution is -0.00177. The predicted octanol–water partition coefficient (Wildman–Crippen LogP) is 2.82. The molecule has 0 aromatic carbocycles. The first-order valence-electron chi connectivity index (χ1n) is 10.4. The second kappa shape index (κ2) is 9.63. The smallest absolute Gasteiger partial charge is 0.255 e. The molecule has 0 saturated carbocycles. The van der Waals surface area contributed by atoms with E-state index in [1.807, 2.05) is 13.0 Å². The number of nitrogens with zero attached hydrogens (tertiary/aromatic N) is 5. The Labute approximate surface area is 190 Å². The van der Waals surface area contributed by atoms with E-state index in [-0.39, 0.29) is 12.1 Å². The Kier molecular flexibility index (Phi) is 6.90. The van der Waals surface area contributed by atoms with Crippen molar-refractivity contribution in [1.29, 1.82) is 10.5 Å². The largest absolute Gasteiger partial charge is 0.387 e. The third kappa shape index (κ3) is 5.25. The van der Waals surface area contributed by atoms with Gasteiger partial charge in [0.2, 0.25) is 0 Å². The molecule has 0 aliphatic heterocycles. The molecule has 2 atom stereocenters. The summed E-state index contributed by atoms with van der Waals surface area (Å²) in [6.45, 7) is 4.09. The quantitative estimate of drug-likeness (QED) is 0.480. The summed E-state index contributed by atoms with van der Waals surface area (Å²) in [5.74, 6) is -0.590. The van der Waals surface area contributed by atoms with E-state index in [9.17, 15) is 19.6 Å². The Balaban J connectivity index is 1.98. The lowest BCUT2D eigenvalue weighted by Crippen LogP contribution is -2.42. The first-order valence-corrected chi connectivity index (χ1v) is 10.4. The van der Waals surface area contributed by atoms with E-state index >= 15 is 0 Å². The fourth-order valence-corrected chi connectivity index (χ4v) is 3.09. The zero-order valence-electron chi connectivity index (χ0n) is 18.5.